The summed E-state index contributed by atoms with van der Waals surface area (Å²) >= 11 is 0. The first-order valence-electron chi connectivity index (χ1n) is 8.51. The zero-order chi connectivity index (χ0) is 17.5. The number of aryl methyl sites for hydroxylation is 2. The van der Waals surface area contributed by atoms with E-state index in [2.05, 4.69) is 11.0 Å². The van der Waals surface area contributed by atoms with Crippen molar-refractivity contribution in [2.24, 2.45) is 0 Å². The summed E-state index contributed by atoms with van der Waals surface area (Å²) in [5, 5.41) is 10.2. The van der Waals surface area contributed by atoms with E-state index in [4.69, 9.17) is 9.47 Å². The molecule has 1 aliphatic heterocycles. The molecule has 1 unspecified atom stereocenters. The highest BCUT2D eigenvalue weighted by Gasteiger charge is 2.23. The van der Waals surface area contributed by atoms with E-state index in [-0.39, 0.29) is 25.1 Å². The van der Waals surface area contributed by atoms with Crippen molar-refractivity contribution in [3.05, 3.63) is 29.3 Å². The van der Waals surface area contributed by atoms with E-state index in [1.807, 2.05) is 26.0 Å². The van der Waals surface area contributed by atoms with Crippen LogP contribution in [-0.4, -0.2) is 73.0 Å². The van der Waals surface area contributed by atoms with Gasteiger partial charge in [0.1, 0.15) is 18.5 Å². The number of β-amino-alcohol motifs (C(OH)–C–C–N with tert-alkyl or cyclic N) is 1. The number of hydrogen-bond acceptors (Lipinski definition) is 5. The summed E-state index contributed by atoms with van der Waals surface area (Å²) in [6.45, 7) is 9.79. The molecule has 25 heavy (non-hydrogen) atoms. The minimum Gasteiger partial charge on any atom is -0.491 e. The van der Waals surface area contributed by atoms with Crippen LogP contribution >= 0.6 is 12.4 Å². The fourth-order valence-electron chi connectivity index (χ4n) is 2.89. The van der Waals surface area contributed by atoms with Crippen molar-refractivity contribution in [2.75, 3.05) is 45.9 Å². The van der Waals surface area contributed by atoms with E-state index in [0.29, 0.717) is 26.2 Å². The molecular weight excluding hydrogens is 344 g/mol. The molecule has 0 bridgehead atoms. The number of carbonyl (C=O) groups excluding carboxylic acids is 1. The van der Waals surface area contributed by atoms with Gasteiger partial charge < -0.3 is 19.5 Å². The van der Waals surface area contributed by atoms with Crippen LogP contribution in [0.1, 0.15) is 18.1 Å². The van der Waals surface area contributed by atoms with Gasteiger partial charge in [-0.05, 0) is 44.0 Å². The molecule has 0 saturated carbocycles. The van der Waals surface area contributed by atoms with Crippen LogP contribution in [0.2, 0.25) is 0 Å². The van der Waals surface area contributed by atoms with Gasteiger partial charge in [-0.3, -0.25) is 4.90 Å². The maximum atomic E-state index is 11.7. The van der Waals surface area contributed by atoms with Crippen molar-refractivity contribution < 1.29 is 19.4 Å². The van der Waals surface area contributed by atoms with Gasteiger partial charge in [-0.25, -0.2) is 4.79 Å². The van der Waals surface area contributed by atoms with Crippen LogP contribution in [0, 0.1) is 13.8 Å². The second-order valence-corrected chi connectivity index (χ2v) is 6.27. The standard InChI is InChI=1S/C18H28N2O4.ClH/c1-4-23-18(22)20-7-5-19(6-8-20)12-16(21)13-24-17-10-14(2)9-15(3)11-17;/h9-11,16,21H,4-8,12-13H2,1-3H3;1H. The molecule has 2 rings (SSSR count). The van der Waals surface area contributed by atoms with E-state index in [1.165, 1.54) is 0 Å². The topological polar surface area (TPSA) is 62.2 Å². The second kappa shape index (κ2) is 10.5. The van der Waals surface area contributed by atoms with Gasteiger partial charge >= 0.3 is 6.09 Å². The van der Waals surface area contributed by atoms with Crippen molar-refractivity contribution in [3.8, 4) is 5.75 Å². The van der Waals surface area contributed by atoms with Crippen LogP contribution in [0.5, 0.6) is 5.75 Å². The first kappa shape index (κ1) is 21.5. The van der Waals surface area contributed by atoms with E-state index >= 15 is 0 Å². The number of benzene rings is 1. The number of piperazine rings is 1. The quantitative estimate of drug-likeness (QED) is 0.829. The average molecular weight is 373 g/mol. The normalized spacial score (nSPS) is 16.1. The Kier molecular flexibility index (Phi) is 9.03. The molecule has 6 nitrogen and oxygen atoms in total. The maximum absolute atomic E-state index is 11.7. The fraction of sp³-hybridized carbons (Fsp3) is 0.611. The van der Waals surface area contributed by atoms with Crippen LogP contribution in [0.4, 0.5) is 4.79 Å². The van der Waals surface area contributed by atoms with Crippen molar-refractivity contribution in [2.45, 2.75) is 26.9 Å². The number of aliphatic hydroxyl groups is 1. The summed E-state index contributed by atoms with van der Waals surface area (Å²) in [6, 6.07) is 6.03. The van der Waals surface area contributed by atoms with Crippen LogP contribution < -0.4 is 4.74 Å². The largest absolute Gasteiger partial charge is 0.491 e. The third-order valence-electron chi connectivity index (χ3n) is 4.00. The minimum absolute atomic E-state index is 0. The third kappa shape index (κ3) is 7.10. The summed E-state index contributed by atoms with van der Waals surface area (Å²) in [6.07, 6.45) is -0.809. The Hall–Kier alpha value is -1.50. The monoisotopic (exact) mass is 372 g/mol. The molecule has 1 aromatic carbocycles. The highest BCUT2D eigenvalue weighted by molar-refractivity contribution is 5.85. The van der Waals surface area contributed by atoms with Crippen molar-refractivity contribution in [3.63, 3.8) is 0 Å². The molecule has 142 valence electrons. The van der Waals surface area contributed by atoms with E-state index in [9.17, 15) is 9.90 Å². The summed E-state index contributed by atoms with van der Waals surface area (Å²) in [5.74, 6) is 0.790. The third-order valence-corrected chi connectivity index (χ3v) is 4.00. The number of halogens is 1. The highest BCUT2D eigenvalue weighted by atomic mass is 35.5. The maximum Gasteiger partial charge on any atom is 0.409 e. The van der Waals surface area contributed by atoms with Gasteiger partial charge in [-0.2, -0.15) is 0 Å². The Morgan fingerprint density at radius 3 is 2.32 bits per heavy atom. The highest BCUT2D eigenvalue weighted by Crippen LogP contribution is 2.16. The molecule has 0 radical (unpaired) electrons. The fourth-order valence-corrected chi connectivity index (χ4v) is 2.89. The van der Waals surface area contributed by atoms with Crippen molar-refractivity contribution in [1.29, 1.82) is 0 Å². The molecule has 0 spiro atoms. The molecule has 0 aliphatic carbocycles. The van der Waals surface area contributed by atoms with Gasteiger partial charge in [0, 0.05) is 32.7 Å². The molecule has 1 atom stereocenters. The van der Waals surface area contributed by atoms with E-state index in [0.717, 1.165) is 30.0 Å². The molecule has 1 aliphatic rings. The summed E-state index contributed by atoms with van der Waals surface area (Å²) in [5.41, 5.74) is 2.30. The van der Waals surface area contributed by atoms with Crippen molar-refractivity contribution >= 4 is 18.5 Å². The van der Waals surface area contributed by atoms with Crippen LogP contribution in [0.3, 0.4) is 0 Å². The minimum atomic E-state index is -0.556. The zero-order valence-electron chi connectivity index (χ0n) is 15.2. The molecule has 1 saturated heterocycles. The average Bonchev–Trinajstić information content (AvgIpc) is 2.53. The molecule has 1 amide bonds. The lowest BCUT2D eigenvalue weighted by Crippen LogP contribution is -2.51. The smallest absolute Gasteiger partial charge is 0.409 e. The number of amides is 1. The first-order chi connectivity index (χ1) is 11.5. The number of hydrogen-bond donors (Lipinski definition) is 1. The van der Waals surface area contributed by atoms with Gasteiger partial charge in [0.05, 0.1) is 6.61 Å². The van der Waals surface area contributed by atoms with Crippen LogP contribution in [0.25, 0.3) is 0 Å². The molecule has 1 aromatic rings. The molecule has 1 heterocycles. The van der Waals surface area contributed by atoms with Crippen LogP contribution in [-0.2, 0) is 4.74 Å². The molecule has 1 N–H and O–H groups in total. The molecule has 0 aromatic heterocycles. The van der Waals surface area contributed by atoms with Gasteiger partial charge in [-0.15, -0.1) is 12.4 Å². The summed E-state index contributed by atoms with van der Waals surface area (Å²) < 4.78 is 10.7. The lowest BCUT2D eigenvalue weighted by atomic mass is 10.1. The molecule has 1 fully saturated rings. The lowest BCUT2D eigenvalue weighted by Gasteiger charge is -2.34. The number of ether oxygens (including phenoxy) is 2. The Morgan fingerprint density at radius 2 is 1.76 bits per heavy atom. The predicted molar refractivity (Wildman–Crippen MR) is 99.7 cm³/mol. The number of carbonyl (C=O) groups is 1. The van der Waals surface area contributed by atoms with Gasteiger partial charge in [0.15, 0.2) is 0 Å². The number of aliphatic hydroxyl groups excluding tert-OH is 1. The van der Waals surface area contributed by atoms with E-state index < -0.39 is 6.10 Å². The van der Waals surface area contributed by atoms with Crippen molar-refractivity contribution in [1.82, 2.24) is 9.80 Å². The Bertz CT molecular complexity index is 528. The molecule has 7 heteroatoms. The summed E-state index contributed by atoms with van der Waals surface area (Å²) in [4.78, 5) is 15.5. The Labute approximate surface area is 156 Å². The van der Waals surface area contributed by atoms with E-state index in [1.54, 1.807) is 11.8 Å². The SMILES string of the molecule is CCOC(=O)N1CCN(CC(O)COc2cc(C)cc(C)c2)CC1.Cl. The number of nitrogens with zero attached hydrogens (tertiary/aromatic N) is 2. The zero-order valence-corrected chi connectivity index (χ0v) is 16.1. The second-order valence-electron chi connectivity index (χ2n) is 6.27. The first-order valence-corrected chi connectivity index (χ1v) is 8.51. The van der Waals surface area contributed by atoms with Gasteiger partial charge in [-0.1, -0.05) is 6.07 Å². The Morgan fingerprint density at radius 1 is 1.16 bits per heavy atom. The molecular formula is C18H29ClN2O4. The van der Waals surface area contributed by atoms with Gasteiger partial charge in [0.25, 0.3) is 0 Å². The van der Waals surface area contributed by atoms with Gasteiger partial charge in [0.2, 0.25) is 0 Å². The number of rotatable bonds is 6. The van der Waals surface area contributed by atoms with Crippen LogP contribution in [0.15, 0.2) is 18.2 Å². The Balaban J connectivity index is 0.00000312. The summed E-state index contributed by atoms with van der Waals surface area (Å²) in [7, 11) is 0. The lowest BCUT2D eigenvalue weighted by molar-refractivity contribution is 0.0407. The predicted octanol–water partition coefficient (Wildman–Crippen LogP) is 2.24.